The molecule has 0 unspecified atom stereocenters. The van der Waals surface area contributed by atoms with Gasteiger partial charge in [-0.25, -0.2) is 4.39 Å². The van der Waals surface area contributed by atoms with Crippen LogP contribution in [0.3, 0.4) is 0 Å². The number of aryl methyl sites for hydroxylation is 1. The van der Waals surface area contributed by atoms with Crippen molar-refractivity contribution in [2.24, 2.45) is 0 Å². The van der Waals surface area contributed by atoms with Gasteiger partial charge in [0.05, 0.1) is 7.11 Å². The van der Waals surface area contributed by atoms with Gasteiger partial charge in [-0.05, 0) is 25.5 Å². The zero-order chi connectivity index (χ0) is 14.5. The molecular formula is C17H20FNO. The minimum atomic E-state index is -0.293. The molecule has 106 valence electrons. The summed E-state index contributed by atoms with van der Waals surface area (Å²) in [5.74, 6) is -0.00843. The lowest BCUT2D eigenvalue weighted by Crippen LogP contribution is -2.18. The molecule has 3 heteroatoms. The lowest BCUT2D eigenvalue weighted by Gasteiger charge is -2.15. The Morgan fingerprint density at radius 2 is 1.85 bits per heavy atom. The van der Waals surface area contributed by atoms with E-state index in [1.165, 1.54) is 18.2 Å². The van der Waals surface area contributed by atoms with Gasteiger partial charge in [-0.15, -0.1) is 0 Å². The molecule has 0 aliphatic carbocycles. The second-order valence-corrected chi connectivity index (χ2v) is 4.95. The van der Waals surface area contributed by atoms with Gasteiger partial charge >= 0.3 is 0 Å². The zero-order valence-corrected chi connectivity index (χ0v) is 12.1. The fourth-order valence-electron chi connectivity index (χ4n) is 2.09. The summed E-state index contributed by atoms with van der Waals surface area (Å²) in [6, 6.07) is 13.7. The third-order valence-corrected chi connectivity index (χ3v) is 3.44. The number of methoxy groups -OCH3 is 1. The average Bonchev–Trinajstić information content (AvgIpc) is 2.46. The quantitative estimate of drug-likeness (QED) is 0.889. The van der Waals surface area contributed by atoms with E-state index in [9.17, 15) is 4.39 Å². The lowest BCUT2D eigenvalue weighted by molar-refractivity contribution is 0.382. The Hall–Kier alpha value is -1.87. The molecule has 0 spiro atoms. The molecule has 0 heterocycles. The molecule has 1 atom stereocenters. The number of hydrogen-bond donors (Lipinski definition) is 1. The third kappa shape index (κ3) is 3.36. The number of halogens is 1. The summed E-state index contributed by atoms with van der Waals surface area (Å²) in [7, 11) is 1.48. The van der Waals surface area contributed by atoms with Gasteiger partial charge in [0.2, 0.25) is 0 Å². The van der Waals surface area contributed by atoms with Crippen molar-refractivity contribution in [3.8, 4) is 5.75 Å². The molecule has 0 amide bonds. The first-order valence-corrected chi connectivity index (χ1v) is 6.73. The number of hydrogen-bond acceptors (Lipinski definition) is 2. The van der Waals surface area contributed by atoms with Crippen LogP contribution in [0, 0.1) is 12.7 Å². The van der Waals surface area contributed by atoms with E-state index in [2.05, 4.69) is 43.4 Å². The van der Waals surface area contributed by atoms with Crippen LogP contribution in [0.15, 0.2) is 42.5 Å². The van der Waals surface area contributed by atoms with Crippen molar-refractivity contribution >= 4 is 0 Å². The highest BCUT2D eigenvalue weighted by atomic mass is 19.1. The highest BCUT2D eigenvalue weighted by molar-refractivity contribution is 5.31. The molecule has 0 saturated heterocycles. The van der Waals surface area contributed by atoms with Crippen LogP contribution in [-0.4, -0.2) is 7.11 Å². The van der Waals surface area contributed by atoms with Gasteiger partial charge in [0.25, 0.3) is 0 Å². The van der Waals surface area contributed by atoms with Crippen molar-refractivity contribution in [1.82, 2.24) is 5.32 Å². The second-order valence-electron chi connectivity index (χ2n) is 4.95. The van der Waals surface area contributed by atoms with Gasteiger partial charge in [0.15, 0.2) is 11.6 Å². The largest absolute Gasteiger partial charge is 0.494 e. The Labute approximate surface area is 119 Å². The molecule has 0 aliphatic rings. The Balaban J connectivity index is 2.03. The molecule has 2 aromatic carbocycles. The Bertz CT molecular complexity index is 566. The minimum absolute atomic E-state index is 0.168. The number of ether oxygens (including phenoxy) is 1. The maximum absolute atomic E-state index is 14.0. The molecule has 20 heavy (non-hydrogen) atoms. The normalized spacial score (nSPS) is 12.2. The van der Waals surface area contributed by atoms with Crippen LogP contribution >= 0.6 is 0 Å². The second kappa shape index (κ2) is 6.53. The Morgan fingerprint density at radius 3 is 2.50 bits per heavy atom. The molecule has 2 aromatic rings. The van der Waals surface area contributed by atoms with Crippen molar-refractivity contribution in [2.75, 3.05) is 7.11 Å². The van der Waals surface area contributed by atoms with Crippen molar-refractivity contribution in [3.05, 3.63) is 65.0 Å². The van der Waals surface area contributed by atoms with Gasteiger partial charge in [0, 0.05) is 18.2 Å². The van der Waals surface area contributed by atoms with Gasteiger partial charge in [-0.3, -0.25) is 0 Å². The van der Waals surface area contributed by atoms with Crippen molar-refractivity contribution in [3.63, 3.8) is 0 Å². The summed E-state index contributed by atoms with van der Waals surface area (Å²) in [4.78, 5) is 0. The minimum Gasteiger partial charge on any atom is -0.494 e. The maximum Gasteiger partial charge on any atom is 0.169 e. The van der Waals surface area contributed by atoms with Crippen molar-refractivity contribution in [2.45, 2.75) is 26.4 Å². The van der Waals surface area contributed by atoms with E-state index in [4.69, 9.17) is 4.74 Å². The Morgan fingerprint density at radius 1 is 1.15 bits per heavy atom. The SMILES string of the molecule is COc1cccc(CN[C@H](C)c2ccc(C)cc2)c1F. The molecular weight excluding hydrogens is 253 g/mol. The van der Waals surface area contributed by atoms with Crippen LogP contribution in [0.25, 0.3) is 0 Å². The fourth-order valence-corrected chi connectivity index (χ4v) is 2.09. The maximum atomic E-state index is 14.0. The number of benzene rings is 2. The van der Waals surface area contributed by atoms with Crippen LogP contribution in [0.1, 0.15) is 29.7 Å². The van der Waals surface area contributed by atoms with E-state index in [-0.39, 0.29) is 17.6 Å². The van der Waals surface area contributed by atoms with E-state index in [1.54, 1.807) is 18.2 Å². The van der Waals surface area contributed by atoms with Crippen molar-refractivity contribution in [1.29, 1.82) is 0 Å². The predicted molar refractivity (Wildman–Crippen MR) is 79.4 cm³/mol. The molecule has 0 aromatic heterocycles. The lowest BCUT2D eigenvalue weighted by atomic mass is 10.1. The fraction of sp³-hybridized carbons (Fsp3) is 0.294. The van der Waals surface area contributed by atoms with Crippen LogP contribution in [0.4, 0.5) is 4.39 Å². The van der Waals surface area contributed by atoms with Crippen LogP contribution in [0.2, 0.25) is 0 Å². The van der Waals surface area contributed by atoms with Crippen LogP contribution in [-0.2, 0) is 6.54 Å². The summed E-state index contributed by atoms with van der Waals surface area (Å²) < 4.78 is 19.0. The zero-order valence-electron chi connectivity index (χ0n) is 12.1. The molecule has 0 aliphatic heterocycles. The van der Waals surface area contributed by atoms with Gasteiger partial charge < -0.3 is 10.1 Å². The molecule has 2 rings (SSSR count). The van der Waals surface area contributed by atoms with E-state index in [0.29, 0.717) is 12.1 Å². The van der Waals surface area contributed by atoms with Crippen LogP contribution < -0.4 is 10.1 Å². The van der Waals surface area contributed by atoms with Crippen molar-refractivity contribution < 1.29 is 9.13 Å². The average molecular weight is 273 g/mol. The summed E-state index contributed by atoms with van der Waals surface area (Å²) in [5.41, 5.74) is 3.04. The number of nitrogens with one attached hydrogen (secondary N) is 1. The number of rotatable bonds is 5. The topological polar surface area (TPSA) is 21.3 Å². The van der Waals surface area contributed by atoms with Gasteiger partial charge in [-0.2, -0.15) is 0 Å². The molecule has 2 nitrogen and oxygen atoms in total. The van der Waals surface area contributed by atoms with Gasteiger partial charge in [0.1, 0.15) is 0 Å². The molecule has 0 radical (unpaired) electrons. The first-order chi connectivity index (χ1) is 9.61. The Kier molecular flexibility index (Phi) is 4.74. The molecule has 1 N–H and O–H groups in total. The van der Waals surface area contributed by atoms with E-state index in [0.717, 1.165) is 0 Å². The summed E-state index contributed by atoms with van der Waals surface area (Å²) in [6.07, 6.45) is 0. The molecule has 0 bridgehead atoms. The summed E-state index contributed by atoms with van der Waals surface area (Å²) >= 11 is 0. The van der Waals surface area contributed by atoms with Crippen LogP contribution in [0.5, 0.6) is 5.75 Å². The monoisotopic (exact) mass is 273 g/mol. The highest BCUT2D eigenvalue weighted by Gasteiger charge is 2.10. The molecule has 0 saturated carbocycles. The predicted octanol–water partition coefficient (Wildman–Crippen LogP) is 3.99. The van der Waals surface area contributed by atoms with E-state index < -0.39 is 0 Å². The first-order valence-electron chi connectivity index (χ1n) is 6.73. The smallest absolute Gasteiger partial charge is 0.169 e. The third-order valence-electron chi connectivity index (χ3n) is 3.44. The first kappa shape index (κ1) is 14.5. The summed E-state index contributed by atoms with van der Waals surface area (Å²) in [5, 5.41) is 3.33. The van der Waals surface area contributed by atoms with E-state index in [1.807, 2.05) is 0 Å². The van der Waals surface area contributed by atoms with Gasteiger partial charge in [-0.1, -0.05) is 42.0 Å². The highest BCUT2D eigenvalue weighted by Crippen LogP contribution is 2.21. The standard InChI is InChI=1S/C17H20FNO/c1-12-7-9-14(10-8-12)13(2)19-11-15-5-4-6-16(20-3)17(15)18/h4-10,13,19H,11H2,1-3H3/t13-/m1/s1. The summed E-state index contributed by atoms with van der Waals surface area (Å²) in [6.45, 7) is 4.61. The molecule has 0 fully saturated rings. The van der Waals surface area contributed by atoms with E-state index >= 15 is 0 Å².